The molecule has 0 aliphatic rings. The normalized spacial score (nSPS) is 11.4. The van der Waals surface area contributed by atoms with Crippen molar-refractivity contribution in [2.24, 2.45) is 0 Å². The number of benzene rings is 2. The fourth-order valence-electron chi connectivity index (χ4n) is 2.14. The van der Waals surface area contributed by atoms with Gasteiger partial charge in [0.1, 0.15) is 18.7 Å². The summed E-state index contributed by atoms with van der Waals surface area (Å²) >= 11 is 3.42. The minimum atomic E-state index is -0.285. The van der Waals surface area contributed by atoms with Gasteiger partial charge in [0.15, 0.2) is 0 Å². The van der Waals surface area contributed by atoms with Crippen LogP contribution < -0.4 is 14.8 Å². The number of rotatable bonds is 7. The predicted octanol–water partition coefficient (Wildman–Crippen LogP) is 3.94. The van der Waals surface area contributed by atoms with Crippen molar-refractivity contribution in [2.45, 2.75) is 13.0 Å². The molecule has 0 amide bonds. The van der Waals surface area contributed by atoms with Gasteiger partial charge in [0.05, 0.1) is 18.7 Å². The van der Waals surface area contributed by atoms with E-state index in [-0.39, 0.29) is 12.4 Å². The molecular weight excluding hydrogens is 349 g/mol. The van der Waals surface area contributed by atoms with Gasteiger partial charge in [0.25, 0.3) is 0 Å². The van der Waals surface area contributed by atoms with Crippen molar-refractivity contribution >= 4 is 15.9 Å². The summed E-state index contributed by atoms with van der Waals surface area (Å²) in [5.74, 6) is 1.16. The highest BCUT2D eigenvalue weighted by molar-refractivity contribution is 9.10. The molecule has 0 spiro atoms. The predicted molar refractivity (Wildman–Crippen MR) is 89.1 cm³/mol. The van der Waals surface area contributed by atoms with Crippen molar-refractivity contribution in [3.8, 4) is 11.5 Å². The lowest BCUT2D eigenvalue weighted by molar-refractivity contribution is 0.396. The van der Waals surface area contributed by atoms with Crippen LogP contribution in [0.25, 0.3) is 0 Å². The molecule has 22 heavy (non-hydrogen) atoms. The maximum atomic E-state index is 13.6. The number of methoxy groups -OCH3 is 2. The van der Waals surface area contributed by atoms with Gasteiger partial charge in [-0.1, -0.05) is 18.2 Å². The summed E-state index contributed by atoms with van der Waals surface area (Å²) in [4.78, 5) is 0. The zero-order valence-corrected chi connectivity index (χ0v) is 14.2. The molecule has 0 aromatic heterocycles. The Morgan fingerprint density at radius 3 is 2.55 bits per heavy atom. The van der Waals surface area contributed by atoms with E-state index in [0.717, 1.165) is 15.8 Å². The molecule has 0 aliphatic carbocycles. The van der Waals surface area contributed by atoms with E-state index in [0.29, 0.717) is 24.3 Å². The smallest absolute Gasteiger partial charge is 0.133 e. The van der Waals surface area contributed by atoms with E-state index >= 15 is 0 Å². The largest absolute Gasteiger partial charge is 0.496 e. The van der Waals surface area contributed by atoms with Gasteiger partial charge in [-0.3, -0.25) is 0 Å². The topological polar surface area (TPSA) is 30.5 Å². The van der Waals surface area contributed by atoms with Gasteiger partial charge in [-0.2, -0.15) is 0 Å². The Labute approximate surface area is 140 Å². The Morgan fingerprint density at radius 2 is 1.86 bits per heavy atom. The Bertz CT molecular complexity index is 669. The van der Waals surface area contributed by atoms with Gasteiger partial charge in [-0.05, 0) is 52.7 Å². The minimum absolute atomic E-state index is 0.239. The molecule has 0 radical (unpaired) electrons. The first-order valence-electron chi connectivity index (χ1n) is 7.37. The zero-order valence-electron chi connectivity index (χ0n) is 13.6. The average molecular weight is 369 g/mol. The van der Waals surface area contributed by atoms with Crippen molar-refractivity contribution in [3.63, 3.8) is 0 Å². The van der Waals surface area contributed by atoms with Gasteiger partial charge in [0.2, 0.25) is 0 Å². The maximum Gasteiger partial charge on any atom is 0.133 e. The summed E-state index contributed by atoms with van der Waals surface area (Å²) < 4.78 is 33.1. The number of hydrogen-bond acceptors (Lipinski definition) is 3. The maximum absolute atomic E-state index is 13.6. The standard InChI is InChI=1S/C17H19BrFNO2/c1-21-16-10-14(18)17(22-2)9-12(16)7-8-20-11-13-5-3-4-6-15(13)19/h3-6,9-10,20H,7-8,11H2,1-2H3/i/hD. The van der Waals surface area contributed by atoms with Crippen molar-refractivity contribution in [1.82, 2.24) is 5.31 Å². The molecular formula is C17H19BrFNO2. The highest BCUT2D eigenvalue weighted by Gasteiger charge is 2.09. The number of halogens is 2. The van der Waals surface area contributed by atoms with E-state index in [1.807, 2.05) is 12.1 Å². The Balaban J connectivity index is 2.04. The Kier molecular flexibility index (Phi) is 5.67. The Morgan fingerprint density at radius 1 is 1.14 bits per heavy atom. The van der Waals surface area contributed by atoms with Crippen molar-refractivity contribution in [3.05, 3.63) is 57.8 Å². The van der Waals surface area contributed by atoms with E-state index in [4.69, 9.17) is 10.9 Å². The first-order chi connectivity index (χ1) is 11.0. The van der Waals surface area contributed by atoms with Crippen LogP contribution in [-0.2, 0) is 13.0 Å². The molecule has 118 valence electrons. The molecule has 0 heterocycles. The van der Waals surface area contributed by atoms with Crippen LogP contribution in [0, 0.1) is 5.82 Å². The van der Waals surface area contributed by atoms with Gasteiger partial charge in [-0.15, -0.1) is 0 Å². The summed E-state index contributed by atoms with van der Waals surface area (Å²) in [6.45, 7) is 0.693. The van der Waals surface area contributed by atoms with Crippen molar-refractivity contribution in [1.29, 1.82) is 0 Å². The van der Waals surface area contributed by atoms with Crippen molar-refractivity contribution in [2.75, 3.05) is 20.8 Å². The van der Waals surface area contributed by atoms with Gasteiger partial charge >= 0.3 is 0 Å². The molecule has 0 saturated heterocycles. The monoisotopic (exact) mass is 368 g/mol. The third-order valence-corrected chi connectivity index (χ3v) is 3.95. The van der Waals surface area contributed by atoms with Crippen LogP contribution in [0.3, 0.4) is 0 Å². The average Bonchev–Trinajstić information content (AvgIpc) is 2.55. The minimum Gasteiger partial charge on any atom is -0.496 e. The number of ether oxygens (including phenoxy) is 2. The third-order valence-electron chi connectivity index (χ3n) is 3.33. The van der Waals surface area contributed by atoms with E-state index in [2.05, 4.69) is 15.9 Å². The van der Waals surface area contributed by atoms with E-state index < -0.39 is 0 Å². The lowest BCUT2D eigenvalue weighted by Gasteiger charge is -2.13. The van der Waals surface area contributed by atoms with E-state index in [1.54, 1.807) is 32.4 Å². The summed E-state index contributed by atoms with van der Waals surface area (Å²) in [5, 5.41) is 1.34. The Hall–Kier alpha value is -1.59. The first kappa shape index (κ1) is 15.3. The molecule has 1 N–H and O–H groups in total. The fourth-order valence-corrected chi connectivity index (χ4v) is 2.63. The van der Waals surface area contributed by atoms with Crippen LogP contribution in [0.4, 0.5) is 4.39 Å². The second-order valence-corrected chi connectivity index (χ2v) is 5.60. The van der Waals surface area contributed by atoms with Crippen LogP contribution in [0.5, 0.6) is 11.5 Å². The van der Waals surface area contributed by atoms with Gasteiger partial charge in [-0.25, -0.2) is 4.39 Å². The van der Waals surface area contributed by atoms with Crippen molar-refractivity contribution < 1.29 is 15.3 Å². The molecule has 2 aromatic rings. The molecule has 0 atom stereocenters. The SMILES string of the molecule is [2H]N(CCc1cc(OC)c(Br)cc1OC)Cc1ccccc1F. The summed E-state index contributed by atoms with van der Waals surface area (Å²) in [5.41, 5.74) is 1.46. The van der Waals surface area contributed by atoms with Gasteiger partial charge in [0, 0.05) is 12.1 Å². The van der Waals surface area contributed by atoms with E-state index in [9.17, 15) is 4.39 Å². The molecule has 2 rings (SSSR count). The lowest BCUT2D eigenvalue weighted by Crippen LogP contribution is -2.17. The zero-order chi connectivity index (χ0) is 16.8. The molecule has 0 fully saturated rings. The van der Waals surface area contributed by atoms with E-state index in [1.165, 1.54) is 11.4 Å². The van der Waals surface area contributed by atoms with Crippen LogP contribution in [0.1, 0.15) is 11.1 Å². The summed E-state index contributed by atoms with van der Waals surface area (Å²) in [6, 6.07) is 10.3. The molecule has 5 heteroatoms. The summed E-state index contributed by atoms with van der Waals surface area (Å²) in [6.07, 6.45) is 0.602. The lowest BCUT2D eigenvalue weighted by atomic mass is 10.1. The number of nitrogens with one attached hydrogen (secondary N) is 1. The number of hydrogen-bond donors (Lipinski definition) is 1. The molecule has 0 aliphatic heterocycles. The highest BCUT2D eigenvalue weighted by Crippen LogP contribution is 2.32. The fraction of sp³-hybridized carbons (Fsp3) is 0.294. The first-order valence-corrected chi connectivity index (χ1v) is 7.72. The second-order valence-electron chi connectivity index (χ2n) is 4.75. The molecule has 2 aromatic carbocycles. The summed E-state index contributed by atoms with van der Waals surface area (Å²) in [7, 11) is 3.21. The quantitative estimate of drug-likeness (QED) is 0.802. The van der Waals surface area contributed by atoms with Crippen LogP contribution in [0.2, 0.25) is 1.41 Å². The molecule has 0 saturated carbocycles. The van der Waals surface area contributed by atoms with Crippen LogP contribution in [0.15, 0.2) is 40.9 Å². The van der Waals surface area contributed by atoms with Crippen LogP contribution in [-0.4, -0.2) is 20.8 Å². The molecule has 0 bridgehead atoms. The third kappa shape index (κ3) is 4.21. The van der Waals surface area contributed by atoms with Crippen LogP contribution >= 0.6 is 15.9 Å². The van der Waals surface area contributed by atoms with Gasteiger partial charge < -0.3 is 14.8 Å². The molecule has 3 nitrogen and oxygen atoms in total. The molecule has 0 unspecified atom stereocenters. The highest BCUT2D eigenvalue weighted by atomic mass is 79.9. The second kappa shape index (κ2) is 8.15.